The van der Waals surface area contributed by atoms with Crippen molar-refractivity contribution in [1.29, 1.82) is 5.26 Å². The first-order chi connectivity index (χ1) is 15.3. The van der Waals surface area contributed by atoms with Gasteiger partial charge in [-0.3, -0.25) is 4.98 Å². The van der Waals surface area contributed by atoms with Gasteiger partial charge in [-0.2, -0.15) is 5.26 Å². The van der Waals surface area contributed by atoms with E-state index in [4.69, 9.17) is 9.47 Å². The van der Waals surface area contributed by atoms with Crippen LogP contribution in [0.3, 0.4) is 0 Å². The third-order valence-electron chi connectivity index (χ3n) is 7.32. The molecule has 4 heteroatoms. The van der Waals surface area contributed by atoms with Gasteiger partial charge < -0.3 is 9.47 Å². The van der Waals surface area contributed by atoms with E-state index in [9.17, 15) is 5.26 Å². The van der Waals surface area contributed by atoms with E-state index in [1.54, 1.807) is 5.57 Å². The summed E-state index contributed by atoms with van der Waals surface area (Å²) in [6, 6.07) is 10.4. The Bertz CT molecular complexity index is 1130. The third-order valence-corrected chi connectivity index (χ3v) is 7.32. The highest BCUT2D eigenvalue weighted by Crippen LogP contribution is 2.49. The molecule has 0 spiro atoms. The van der Waals surface area contributed by atoms with Crippen molar-refractivity contribution in [2.75, 3.05) is 13.2 Å². The maximum absolute atomic E-state index is 9.77. The summed E-state index contributed by atoms with van der Waals surface area (Å²) in [6.45, 7) is 1.45. The van der Waals surface area contributed by atoms with Crippen molar-refractivity contribution >= 4 is 6.08 Å². The van der Waals surface area contributed by atoms with Crippen LogP contribution in [0.4, 0.5) is 0 Å². The van der Waals surface area contributed by atoms with Gasteiger partial charge in [-0.25, -0.2) is 0 Å². The first kappa shape index (κ1) is 18.8. The van der Waals surface area contributed by atoms with Crippen LogP contribution >= 0.6 is 0 Å². The van der Waals surface area contributed by atoms with E-state index in [1.807, 2.05) is 18.3 Å². The fraction of sp³-hybridized carbons (Fsp3) is 0.407. The van der Waals surface area contributed by atoms with Crippen LogP contribution in [-0.2, 0) is 11.2 Å². The number of nitrogens with zero attached hydrogens (tertiary/aromatic N) is 2. The minimum absolute atomic E-state index is 0.123. The maximum atomic E-state index is 9.77. The molecular weight excluding hydrogens is 384 g/mol. The van der Waals surface area contributed by atoms with Crippen LogP contribution in [0.5, 0.6) is 5.75 Å². The van der Waals surface area contributed by atoms with Gasteiger partial charge in [-0.05, 0) is 77.6 Å². The Morgan fingerprint density at radius 2 is 2.00 bits per heavy atom. The fourth-order valence-corrected chi connectivity index (χ4v) is 5.73. The molecule has 2 bridgehead atoms. The zero-order chi connectivity index (χ0) is 20.8. The lowest BCUT2D eigenvalue weighted by molar-refractivity contribution is 0.0254. The molecule has 2 heterocycles. The highest BCUT2D eigenvalue weighted by atomic mass is 16.5. The van der Waals surface area contributed by atoms with Crippen molar-refractivity contribution in [2.45, 2.75) is 44.6 Å². The second kappa shape index (κ2) is 7.66. The van der Waals surface area contributed by atoms with Crippen molar-refractivity contribution in [1.82, 2.24) is 4.98 Å². The van der Waals surface area contributed by atoms with Crippen molar-refractivity contribution in [3.63, 3.8) is 0 Å². The molecule has 1 aliphatic heterocycles. The molecule has 2 atom stereocenters. The highest BCUT2D eigenvalue weighted by molar-refractivity contribution is 5.82. The van der Waals surface area contributed by atoms with Gasteiger partial charge >= 0.3 is 0 Å². The standard InChI is InChI=1S/C27H26N2O2/c28-16-21-13-19(3-4-27(21)31-22-6-9-30-10-7-22)23-5-8-29-26-15-20(14-25(23)26)24-12-17-1-2-18(24)11-17/h3-5,8,12-14,17-18,22H,1-2,6-7,9-11,15H2. The molecule has 0 amide bonds. The van der Waals surface area contributed by atoms with E-state index >= 15 is 0 Å². The molecule has 4 aliphatic rings. The average molecular weight is 411 g/mol. The number of ether oxygens (including phenoxy) is 2. The van der Waals surface area contributed by atoms with E-state index in [0.717, 1.165) is 61.1 Å². The lowest BCUT2D eigenvalue weighted by Gasteiger charge is -2.24. The molecule has 6 rings (SSSR count). The van der Waals surface area contributed by atoms with Crippen LogP contribution in [0.2, 0.25) is 0 Å². The lowest BCUT2D eigenvalue weighted by Crippen LogP contribution is -2.26. The molecule has 1 saturated carbocycles. The summed E-state index contributed by atoms with van der Waals surface area (Å²) in [7, 11) is 0. The van der Waals surface area contributed by atoms with Gasteiger partial charge in [0.25, 0.3) is 0 Å². The Hall–Kier alpha value is -2.90. The molecule has 3 aliphatic carbocycles. The summed E-state index contributed by atoms with van der Waals surface area (Å²) in [5, 5.41) is 9.77. The Labute approximate surface area is 183 Å². The first-order valence-corrected chi connectivity index (χ1v) is 11.5. The summed E-state index contributed by atoms with van der Waals surface area (Å²) < 4.78 is 11.6. The number of hydrogen-bond acceptors (Lipinski definition) is 4. The van der Waals surface area contributed by atoms with Crippen LogP contribution < -0.4 is 4.74 Å². The average Bonchev–Trinajstić information content (AvgIpc) is 3.55. The Morgan fingerprint density at radius 1 is 1.10 bits per heavy atom. The molecule has 31 heavy (non-hydrogen) atoms. The molecule has 1 aromatic heterocycles. The second-order valence-corrected chi connectivity index (χ2v) is 9.21. The predicted molar refractivity (Wildman–Crippen MR) is 119 cm³/mol. The zero-order valence-corrected chi connectivity index (χ0v) is 17.6. The lowest BCUT2D eigenvalue weighted by atomic mass is 9.91. The van der Waals surface area contributed by atoms with E-state index in [1.165, 1.54) is 30.4 Å². The molecule has 0 radical (unpaired) electrons. The second-order valence-electron chi connectivity index (χ2n) is 9.21. The van der Waals surface area contributed by atoms with E-state index < -0.39 is 0 Å². The normalized spacial score (nSPS) is 24.5. The number of nitriles is 1. The number of hydrogen-bond donors (Lipinski definition) is 0. The number of fused-ring (bicyclic) bond motifs is 3. The van der Waals surface area contributed by atoms with Gasteiger partial charge in [0.05, 0.1) is 24.5 Å². The van der Waals surface area contributed by atoms with Gasteiger partial charge in [0.2, 0.25) is 0 Å². The van der Waals surface area contributed by atoms with Crippen LogP contribution in [-0.4, -0.2) is 24.3 Å². The van der Waals surface area contributed by atoms with E-state index in [-0.39, 0.29) is 6.10 Å². The number of aromatic nitrogens is 1. The number of allylic oxidation sites excluding steroid dienone is 3. The zero-order valence-electron chi connectivity index (χ0n) is 17.6. The van der Waals surface area contributed by atoms with Gasteiger partial charge in [-0.15, -0.1) is 0 Å². The SMILES string of the molecule is N#Cc1cc(-c2ccnc3c2C=C(C2=CC4CCC2C4)C3)ccc1OC1CCOCC1. The molecule has 0 N–H and O–H groups in total. The van der Waals surface area contributed by atoms with Crippen molar-refractivity contribution in [3.8, 4) is 22.9 Å². The quantitative estimate of drug-likeness (QED) is 0.670. The Kier molecular flexibility index (Phi) is 4.65. The van der Waals surface area contributed by atoms with Crippen LogP contribution in [0.25, 0.3) is 17.2 Å². The van der Waals surface area contributed by atoms with Crippen LogP contribution in [0.15, 0.2) is 47.7 Å². The molecular formula is C27H26N2O2. The summed E-state index contributed by atoms with van der Waals surface area (Å²) in [6.07, 6.45) is 13.6. The van der Waals surface area contributed by atoms with Crippen LogP contribution in [0.1, 0.15) is 48.9 Å². The monoisotopic (exact) mass is 410 g/mol. The summed E-state index contributed by atoms with van der Waals surface area (Å²) in [5.41, 5.74) is 8.17. The van der Waals surface area contributed by atoms with Crippen LogP contribution in [0, 0.1) is 23.2 Å². The number of pyridine rings is 1. The van der Waals surface area contributed by atoms with Gasteiger partial charge in [0.1, 0.15) is 17.9 Å². The van der Waals surface area contributed by atoms with Crippen molar-refractivity contribution in [2.24, 2.45) is 11.8 Å². The van der Waals surface area contributed by atoms with Gasteiger partial charge in [-0.1, -0.05) is 12.1 Å². The smallest absolute Gasteiger partial charge is 0.137 e. The Balaban J connectivity index is 1.32. The molecule has 156 valence electrons. The molecule has 1 aromatic carbocycles. The highest BCUT2D eigenvalue weighted by Gasteiger charge is 2.35. The first-order valence-electron chi connectivity index (χ1n) is 11.5. The third kappa shape index (κ3) is 3.38. The molecule has 2 fully saturated rings. The molecule has 2 aromatic rings. The minimum atomic E-state index is 0.123. The summed E-state index contributed by atoms with van der Waals surface area (Å²) >= 11 is 0. The summed E-state index contributed by atoms with van der Waals surface area (Å²) in [5.74, 6) is 2.21. The van der Waals surface area contributed by atoms with E-state index in [0.29, 0.717) is 11.3 Å². The maximum Gasteiger partial charge on any atom is 0.137 e. The number of benzene rings is 1. The van der Waals surface area contributed by atoms with Gasteiger partial charge in [0.15, 0.2) is 0 Å². The number of rotatable bonds is 4. The Morgan fingerprint density at radius 3 is 2.77 bits per heavy atom. The topological polar surface area (TPSA) is 55.1 Å². The summed E-state index contributed by atoms with van der Waals surface area (Å²) in [4.78, 5) is 4.69. The molecule has 2 unspecified atom stereocenters. The molecule has 4 nitrogen and oxygen atoms in total. The fourth-order valence-electron chi connectivity index (χ4n) is 5.73. The van der Waals surface area contributed by atoms with Crippen molar-refractivity contribution in [3.05, 3.63) is 64.5 Å². The van der Waals surface area contributed by atoms with E-state index in [2.05, 4.69) is 35.3 Å². The van der Waals surface area contributed by atoms with Gasteiger partial charge in [0, 0.05) is 31.0 Å². The molecule has 1 saturated heterocycles. The minimum Gasteiger partial charge on any atom is -0.489 e. The predicted octanol–water partition coefficient (Wildman–Crippen LogP) is 5.47. The largest absolute Gasteiger partial charge is 0.489 e. The van der Waals surface area contributed by atoms with Crippen molar-refractivity contribution < 1.29 is 9.47 Å².